The van der Waals surface area contributed by atoms with E-state index in [2.05, 4.69) is 0 Å². The molecule has 0 aliphatic heterocycles. The largest absolute Gasteiger partial charge is 0.479 e. The SMILES string of the molecule is O=C(O)/C=C/C(=O)O.O=C(O)C(O)C(O)C(O)C(O)C(=O)O.O=C(O)C(O)C(O)C(O)C(O)CO.O=CC(O)C(O)C(O)C(O)C(=O)O. The lowest BCUT2D eigenvalue weighted by atomic mass is 10.0. The zero-order valence-corrected chi connectivity index (χ0v) is 23.7. The fourth-order valence-electron chi connectivity index (χ4n) is 2.09. The van der Waals surface area contributed by atoms with Gasteiger partial charge in [0.1, 0.15) is 48.8 Å². The normalized spacial score (nSPS) is 18.2. The van der Waals surface area contributed by atoms with Crippen LogP contribution in [0.25, 0.3) is 0 Å². The average molecular weight is 717 g/mol. The number of aliphatic carboxylic acids is 6. The first-order valence-electron chi connectivity index (χ1n) is 12.0. The minimum atomic E-state index is -2.36. The predicted molar refractivity (Wildman–Crippen MR) is 140 cm³/mol. The summed E-state index contributed by atoms with van der Waals surface area (Å²) in [6, 6.07) is 0. The standard InChI is InChI=1S/C6H10O8.C6H12O7.C6H10O7.C4H4O4/c7-1(3(9)5(11)12)2(8)4(10)6(13)14;2*7-1-2(8)3(9)4(10)5(11)6(12)13;5-3(6)1-2-4(7)8/h1-4,7-10H,(H,11,12)(H,13,14);2-5,7-11H,1H2,(H,12,13);1-5,8-11H,(H,12,13);1-2H,(H,5,6)(H,7,8)/b;;;2-1+. The number of aliphatic hydroxyl groups is 13. The van der Waals surface area contributed by atoms with Crippen LogP contribution in [-0.4, -0.2) is 219 Å². The molecule has 0 aromatic heterocycles. The zero-order valence-electron chi connectivity index (χ0n) is 23.7. The van der Waals surface area contributed by atoms with Crippen LogP contribution in [0, 0.1) is 0 Å². The van der Waals surface area contributed by atoms with Gasteiger partial charge >= 0.3 is 35.8 Å². The highest BCUT2D eigenvalue weighted by Gasteiger charge is 2.37. The number of carbonyl (C=O) groups excluding carboxylic acids is 1. The summed E-state index contributed by atoms with van der Waals surface area (Å²) in [5.41, 5.74) is 0. The number of aldehydes is 1. The van der Waals surface area contributed by atoms with Crippen molar-refractivity contribution < 1.29 is 131 Å². The maximum absolute atomic E-state index is 10.1. The topological polar surface area (TPSA) is 504 Å². The Hall–Kier alpha value is -4.29. The molecule has 0 saturated heterocycles. The van der Waals surface area contributed by atoms with Crippen molar-refractivity contribution in [1.29, 1.82) is 0 Å². The van der Waals surface area contributed by atoms with Crippen LogP contribution in [0.4, 0.5) is 0 Å². The van der Waals surface area contributed by atoms with E-state index in [1.54, 1.807) is 0 Å². The molecule has 26 heteroatoms. The average Bonchev–Trinajstić information content (AvgIpc) is 3.03. The zero-order chi connectivity index (χ0) is 39.2. The molecule has 0 aromatic carbocycles. The monoisotopic (exact) mass is 716 g/mol. The maximum atomic E-state index is 10.1. The molecule has 48 heavy (non-hydrogen) atoms. The van der Waals surface area contributed by atoms with Crippen LogP contribution in [0.5, 0.6) is 0 Å². The number of aliphatic hydroxyl groups excluding tert-OH is 13. The molecule has 0 bridgehead atoms. The van der Waals surface area contributed by atoms with E-state index in [4.69, 9.17) is 97.0 Å². The van der Waals surface area contributed by atoms with Gasteiger partial charge in [0.25, 0.3) is 0 Å². The van der Waals surface area contributed by atoms with Crippen LogP contribution >= 0.6 is 0 Å². The van der Waals surface area contributed by atoms with Gasteiger partial charge in [0.05, 0.1) is 6.61 Å². The van der Waals surface area contributed by atoms with E-state index in [1.807, 2.05) is 0 Å². The van der Waals surface area contributed by atoms with E-state index in [-0.39, 0.29) is 6.29 Å². The number of hydrogen-bond donors (Lipinski definition) is 19. The van der Waals surface area contributed by atoms with Crippen LogP contribution in [0.15, 0.2) is 12.2 Å². The van der Waals surface area contributed by atoms with Crippen molar-refractivity contribution in [1.82, 2.24) is 0 Å². The first-order chi connectivity index (χ1) is 21.7. The summed E-state index contributed by atoms with van der Waals surface area (Å²) in [6.07, 6.45) is -24.4. The summed E-state index contributed by atoms with van der Waals surface area (Å²) in [7, 11) is 0. The lowest BCUT2D eigenvalue weighted by molar-refractivity contribution is -0.172. The van der Waals surface area contributed by atoms with Crippen LogP contribution in [0.2, 0.25) is 0 Å². The Labute approximate surface area is 265 Å². The van der Waals surface area contributed by atoms with Crippen LogP contribution < -0.4 is 0 Å². The number of carboxylic acids is 6. The summed E-state index contributed by atoms with van der Waals surface area (Å²) in [5.74, 6) is -9.68. The smallest absolute Gasteiger partial charge is 0.335 e. The third-order valence-corrected chi connectivity index (χ3v) is 4.79. The molecule has 0 radical (unpaired) electrons. The Balaban J connectivity index is -0.000000273. The lowest BCUT2D eigenvalue weighted by Crippen LogP contribution is -2.49. The Morgan fingerprint density at radius 1 is 0.417 bits per heavy atom. The highest BCUT2D eigenvalue weighted by molar-refractivity contribution is 5.89. The highest BCUT2D eigenvalue weighted by Crippen LogP contribution is 2.06. The summed E-state index contributed by atoms with van der Waals surface area (Å²) in [4.78, 5) is 69.3. The molecule has 0 amide bonds. The van der Waals surface area contributed by atoms with Crippen molar-refractivity contribution in [3.63, 3.8) is 0 Å². The van der Waals surface area contributed by atoms with E-state index < -0.39 is 116 Å². The van der Waals surface area contributed by atoms with E-state index >= 15 is 0 Å². The first-order valence-corrected chi connectivity index (χ1v) is 12.0. The van der Waals surface area contributed by atoms with Gasteiger partial charge in [0, 0.05) is 12.2 Å². The lowest BCUT2D eigenvalue weighted by Gasteiger charge is -2.23. The van der Waals surface area contributed by atoms with Gasteiger partial charge in [0.2, 0.25) is 0 Å². The van der Waals surface area contributed by atoms with Gasteiger partial charge in [-0.15, -0.1) is 0 Å². The number of hydrogen-bond acceptors (Lipinski definition) is 20. The molecule has 0 aromatic rings. The molecular formula is C22H36O26. The summed E-state index contributed by atoms with van der Waals surface area (Å²) >= 11 is 0. The predicted octanol–water partition coefficient (Wildman–Crippen LogP) is -10.5. The summed E-state index contributed by atoms with van der Waals surface area (Å²) in [5, 5.41) is 162. The van der Waals surface area contributed by atoms with Crippen LogP contribution in [-0.2, 0) is 33.6 Å². The molecule has 26 nitrogen and oxygen atoms in total. The number of carboxylic acid groups (broad SMARTS) is 6. The molecule has 0 rings (SSSR count). The first kappa shape index (κ1) is 50.6. The molecule has 19 N–H and O–H groups in total. The Morgan fingerprint density at radius 3 is 0.833 bits per heavy atom. The quantitative estimate of drug-likeness (QED) is 0.0490. The Bertz CT molecular complexity index is 1000. The molecule has 0 fully saturated rings. The van der Waals surface area contributed by atoms with Crippen molar-refractivity contribution in [3.8, 4) is 0 Å². The second-order valence-electron chi connectivity index (χ2n) is 8.46. The van der Waals surface area contributed by atoms with E-state index in [9.17, 15) is 33.6 Å². The molecule has 12 unspecified atom stereocenters. The second kappa shape index (κ2) is 25.8. The van der Waals surface area contributed by atoms with E-state index in [0.29, 0.717) is 12.2 Å². The van der Waals surface area contributed by atoms with Gasteiger partial charge in [-0.1, -0.05) is 0 Å². The maximum Gasteiger partial charge on any atom is 0.335 e. The molecule has 0 aliphatic carbocycles. The van der Waals surface area contributed by atoms with E-state index in [1.165, 1.54) is 0 Å². The molecule has 0 heterocycles. The molecule has 0 aliphatic rings. The van der Waals surface area contributed by atoms with Crippen LogP contribution in [0.1, 0.15) is 0 Å². The fourth-order valence-corrected chi connectivity index (χ4v) is 2.09. The number of rotatable bonds is 17. The summed E-state index contributed by atoms with van der Waals surface area (Å²) < 4.78 is 0. The van der Waals surface area contributed by atoms with Gasteiger partial charge in [-0.3, -0.25) is 0 Å². The molecule has 0 saturated carbocycles. The fraction of sp³-hybridized carbons (Fsp3) is 0.591. The van der Waals surface area contributed by atoms with Gasteiger partial charge in [-0.05, 0) is 0 Å². The van der Waals surface area contributed by atoms with Crippen LogP contribution in [0.3, 0.4) is 0 Å². The Morgan fingerprint density at radius 2 is 0.646 bits per heavy atom. The minimum absolute atomic E-state index is 0.0809. The van der Waals surface area contributed by atoms with Gasteiger partial charge in [-0.2, -0.15) is 0 Å². The summed E-state index contributed by atoms with van der Waals surface area (Å²) in [6.45, 7) is -0.843. The highest BCUT2D eigenvalue weighted by atomic mass is 16.5. The molecule has 12 atom stereocenters. The van der Waals surface area contributed by atoms with E-state index in [0.717, 1.165) is 0 Å². The van der Waals surface area contributed by atoms with Gasteiger partial charge in [-0.25, -0.2) is 28.8 Å². The third-order valence-electron chi connectivity index (χ3n) is 4.79. The third kappa shape index (κ3) is 21.5. The van der Waals surface area contributed by atoms with Crippen molar-refractivity contribution in [3.05, 3.63) is 12.2 Å². The van der Waals surface area contributed by atoms with Crippen molar-refractivity contribution in [2.75, 3.05) is 6.61 Å². The minimum Gasteiger partial charge on any atom is -0.479 e. The Kier molecular flexibility index (Phi) is 27.1. The second-order valence-corrected chi connectivity index (χ2v) is 8.46. The van der Waals surface area contributed by atoms with Crippen molar-refractivity contribution in [2.45, 2.75) is 73.2 Å². The van der Waals surface area contributed by atoms with Gasteiger partial charge < -0.3 is 102 Å². The molecule has 280 valence electrons. The van der Waals surface area contributed by atoms with Crippen molar-refractivity contribution in [2.24, 2.45) is 0 Å². The number of carbonyl (C=O) groups is 7. The van der Waals surface area contributed by atoms with Crippen molar-refractivity contribution >= 4 is 42.1 Å². The molecule has 0 spiro atoms. The van der Waals surface area contributed by atoms with Gasteiger partial charge in [0.15, 0.2) is 30.7 Å². The molecular weight excluding hydrogens is 680 g/mol.